The summed E-state index contributed by atoms with van der Waals surface area (Å²) >= 11 is 0. The second-order valence-corrected chi connectivity index (χ2v) is 4.74. The first-order chi connectivity index (χ1) is 10.4. The summed E-state index contributed by atoms with van der Waals surface area (Å²) in [4.78, 5) is 10.4. The van der Waals surface area contributed by atoms with Gasteiger partial charge in [0, 0.05) is 36.9 Å². The summed E-state index contributed by atoms with van der Waals surface area (Å²) < 4.78 is 5.36. The number of rotatable bonds is 4. The summed E-state index contributed by atoms with van der Waals surface area (Å²) in [5.41, 5.74) is 2.79. The highest BCUT2D eigenvalue weighted by atomic mass is 16.5. The van der Waals surface area contributed by atoms with Gasteiger partial charge in [-0.1, -0.05) is 0 Å². The monoisotopic (exact) mass is 283 g/mol. The maximum Gasteiger partial charge on any atom is 0.142 e. The Morgan fingerprint density at radius 3 is 2.67 bits per heavy atom. The first-order valence-electron chi connectivity index (χ1n) is 6.87. The van der Waals surface area contributed by atoms with Crippen LogP contribution in [0.2, 0.25) is 0 Å². The van der Waals surface area contributed by atoms with Gasteiger partial charge >= 0.3 is 0 Å². The van der Waals surface area contributed by atoms with E-state index in [-0.39, 0.29) is 0 Å². The number of morpholine rings is 1. The SMILES string of the molecule is N=Cc1cncnc1Nc1ccc(N2CCOCC2)cc1. The van der Waals surface area contributed by atoms with Crippen LogP contribution in [0.15, 0.2) is 36.8 Å². The third-order valence-electron chi connectivity index (χ3n) is 3.40. The van der Waals surface area contributed by atoms with Crippen molar-refractivity contribution in [3.05, 3.63) is 42.4 Å². The Kier molecular flexibility index (Phi) is 4.07. The molecule has 3 rings (SSSR count). The number of aromatic nitrogens is 2. The maximum atomic E-state index is 7.35. The van der Waals surface area contributed by atoms with Gasteiger partial charge < -0.3 is 20.4 Å². The minimum Gasteiger partial charge on any atom is -0.378 e. The summed E-state index contributed by atoms with van der Waals surface area (Å²) in [6, 6.07) is 8.19. The molecule has 0 bridgehead atoms. The van der Waals surface area contributed by atoms with Crippen LogP contribution in [0, 0.1) is 5.41 Å². The van der Waals surface area contributed by atoms with Crippen molar-refractivity contribution in [3.63, 3.8) is 0 Å². The van der Waals surface area contributed by atoms with Crippen molar-refractivity contribution >= 4 is 23.4 Å². The predicted molar refractivity (Wildman–Crippen MR) is 82.7 cm³/mol. The van der Waals surface area contributed by atoms with Crippen LogP contribution in [0.4, 0.5) is 17.2 Å². The molecule has 1 saturated heterocycles. The van der Waals surface area contributed by atoms with Gasteiger partial charge in [0.2, 0.25) is 0 Å². The Labute approximate surface area is 123 Å². The average Bonchev–Trinajstić information content (AvgIpc) is 2.57. The highest BCUT2D eigenvalue weighted by Gasteiger charge is 2.11. The van der Waals surface area contributed by atoms with Gasteiger partial charge in [-0.2, -0.15) is 0 Å². The van der Waals surface area contributed by atoms with Crippen molar-refractivity contribution in [2.24, 2.45) is 0 Å². The van der Waals surface area contributed by atoms with Crippen molar-refractivity contribution in [1.29, 1.82) is 5.41 Å². The summed E-state index contributed by atoms with van der Waals surface area (Å²) in [6.07, 6.45) is 4.33. The number of hydrogen-bond acceptors (Lipinski definition) is 6. The van der Waals surface area contributed by atoms with Crippen molar-refractivity contribution < 1.29 is 4.74 Å². The second-order valence-electron chi connectivity index (χ2n) is 4.74. The number of benzene rings is 1. The first kappa shape index (κ1) is 13.5. The number of nitrogens with zero attached hydrogens (tertiary/aromatic N) is 3. The second kappa shape index (κ2) is 6.32. The zero-order valence-corrected chi connectivity index (χ0v) is 11.6. The molecule has 1 aliphatic heterocycles. The first-order valence-corrected chi connectivity index (χ1v) is 6.87. The maximum absolute atomic E-state index is 7.35. The number of nitrogens with one attached hydrogen (secondary N) is 2. The zero-order chi connectivity index (χ0) is 14.5. The lowest BCUT2D eigenvalue weighted by atomic mass is 10.2. The minimum absolute atomic E-state index is 0.638. The van der Waals surface area contributed by atoms with Gasteiger partial charge in [-0.15, -0.1) is 0 Å². The van der Waals surface area contributed by atoms with Gasteiger partial charge in [-0.05, 0) is 24.3 Å². The molecule has 0 unspecified atom stereocenters. The fourth-order valence-electron chi connectivity index (χ4n) is 2.26. The molecule has 0 atom stereocenters. The molecule has 1 aromatic carbocycles. The lowest BCUT2D eigenvalue weighted by Gasteiger charge is -2.28. The van der Waals surface area contributed by atoms with E-state index in [1.54, 1.807) is 6.20 Å². The lowest BCUT2D eigenvalue weighted by Crippen LogP contribution is -2.36. The molecule has 0 radical (unpaired) electrons. The fourth-order valence-corrected chi connectivity index (χ4v) is 2.26. The highest BCUT2D eigenvalue weighted by Crippen LogP contribution is 2.21. The van der Waals surface area contributed by atoms with Gasteiger partial charge in [0.25, 0.3) is 0 Å². The number of ether oxygens (including phenoxy) is 1. The summed E-state index contributed by atoms with van der Waals surface area (Å²) in [6.45, 7) is 3.42. The quantitative estimate of drug-likeness (QED) is 0.840. The molecule has 1 aliphatic rings. The van der Waals surface area contributed by atoms with Gasteiger partial charge in [0.15, 0.2) is 0 Å². The molecular formula is C15H17N5O. The Morgan fingerprint density at radius 2 is 1.95 bits per heavy atom. The van der Waals surface area contributed by atoms with E-state index < -0.39 is 0 Å². The zero-order valence-electron chi connectivity index (χ0n) is 11.6. The molecule has 2 N–H and O–H groups in total. The molecule has 21 heavy (non-hydrogen) atoms. The standard InChI is InChI=1S/C15H17N5O/c16-9-12-10-17-11-18-15(12)19-13-1-3-14(4-2-13)20-5-7-21-8-6-20/h1-4,9-11,16H,5-8H2,(H,17,18,19). The molecule has 6 heteroatoms. The molecule has 0 aliphatic carbocycles. The van der Waals surface area contributed by atoms with Crippen molar-refractivity contribution in [3.8, 4) is 0 Å². The fraction of sp³-hybridized carbons (Fsp3) is 0.267. The molecular weight excluding hydrogens is 266 g/mol. The molecule has 0 saturated carbocycles. The van der Waals surface area contributed by atoms with E-state index in [1.165, 1.54) is 18.2 Å². The molecule has 108 valence electrons. The lowest BCUT2D eigenvalue weighted by molar-refractivity contribution is 0.122. The van der Waals surface area contributed by atoms with Crippen LogP contribution in [-0.4, -0.2) is 42.5 Å². The van der Waals surface area contributed by atoms with Crippen LogP contribution in [0.25, 0.3) is 0 Å². The van der Waals surface area contributed by atoms with Crippen molar-refractivity contribution in [1.82, 2.24) is 9.97 Å². The van der Waals surface area contributed by atoms with E-state index in [0.717, 1.165) is 32.0 Å². The Hall–Kier alpha value is -2.47. The Balaban J connectivity index is 1.73. The van der Waals surface area contributed by atoms with Crippen LogP contribution >= 0.6 is 0 Å². The molecule has 1 aromatic heterocycles. The van der Waals surface area contributed by atoms with Crippen LogP contribution in [-0.2, 0) is 4.74 Å². The van der Waals surface area contributed by atoms with Crippen LogP contribution in [0.1, 0.15) is 5.56 Å². The van der Waals surface area contributed by atoms with E-state index in [0.29, 0.717) is 11.4 Å². The minimum atomic E-state index is 0.638. The highest BCUT2D eigenvalue weighted by molar-refractivity contribution is 5.85. The van der Waals surface area contributed by atoms with Gasteiger partial charge in [0.05, 0.1) is 18.8 Å². The van der Waals surface area contributed by atoms with E-state index in [4.69, 9.17) is 10.1 Å². The summed E-state index contributed by atoms with van der Waals surface area (Å²) in [7, 11) is 0. The van der Waals surface area contributed by atoms with E-state index in [1.807, 2.05) is 12.1 Å². The summed E-state index contributed by atoms with van der Waals surface area (Å²) in [5.74, 6) is 0.638. The number of anilines is 3. The Bertz CT molecular complexity index is 608. The van der Waals surface area contributed by atoms with Crippen LogP contribution in [0.3, 0.4) is 0 Å². The molecule has 2 aromatic rings. The molecule has 1 fully saturated rings. The van der Waals surface area contributed by atoms with Gasteiger partial charge in [-0.3, -0.25) is 0 Å². The molecule has 2 heterocycles. The van der Waals surface area contributed by atoms with Crippen molar-refractivity contribution in [2.75, 3.05) is 36.5 Å². The number of hydrogen-bond donors (Lipinski definition) is 2. The normalized spacial score (nSPS) is 14.8. The topological polar surface area (TPSA) is 74.1 Å². The van der Waals surface area contributed by atoms with E-state index in [2.05, 4.69) is 32.3 Å². The van der Waals surface area contributed by atoms with Crippen molar-refractivity contribution in [2.45, 2.75) is 0 Å². The van der Waals surface area contributed by atoms with E-state index >= 15 is 0 Å². The van der Waals surface area contributed by atoms with Gasteiger partial charge in [0.1, 0.15) is 12.1 Å². The smallest absolute Gasteiger partial charge is 0.142 e. The average molecular weight is 283 g/mol. The van der Waals surface area contributed by atoms with Crippen LogP contribution in [0.5, 0.6) is 0 Å². The van der Waals surface area contributed by atoms with E-state index in [9.17, 15) is 0 Å². The molecule has 0 spiro atoms. The predicted octanol–water partition coefficient (Wildman–Crippen LogP) is 2.05. The summed E-state index contributed by atoms with van der Waals surface area (Å²) in [5, 5.41) is 10.6. The third kappa shape index (κ3) is 3.17. The molecule has 6 nitrogen and oxygen atoms in total. The largest absolute Gasteiger partial charge is 0.378 e. The third-order valence-corrected chi connectivity index (χ3v) is 3.40. The van der Waals surface area contributed by atoms with Crippen LogP contribution < -0.4 is 10.2 Å². The van der Waals surface area contributed by atoms with Gasteiger partial charge in [-0.25, -0.2) is 9.97 Å². The Morgan fingerprint density at radius 1 is 1.19 bits per heavy atom. The molecule has 0 amide bonds.